The van der Waals surface area contributed by atoms with Gasteiger partial charge in [0.25, 0.3) is 0 Å². The lowest BCUT2D eigenvalue weighted by atomic mass is 10.00. The Morgan fingerprint density at radius 1 is 0.386 bits per heavy atom. The highest BCUT2D eigenvalue weighted by Gasteiger charge is 2.27. The first-order chi connectivity index (χ1) is 34.7. The maximum absolute atomic E-state index is 5.39. The van der Waals surface area contributed by atoms with Crippen LogP contribution in [0.2, 0.25) is 0 Å². The number of para-hydroxylation sites is 2. The van der Waals surface area contributed by atoms with Crippen molar-refractivity contribution >= 4 is 118 Å². The van der Waals surface area contributed by atoms with Crippen LogP contribution in [0.25, 0.3) is 106 Å². The number of nitrogens with one attached hydrogen (secondary N) is 1. The van der Waals surface area contributed by atoms with Gasteiger partial charge in [-0.2, -0.15) is 0 Å². The second-order valence-electron chi connectivity index (χ2n) is 18.1. The third kappa shape index (κ3) is 6.02. The summed E-state index contributed by atoms with van der Waals surface area (Å²) in [6.45, 7) is 0. The molecule has 0 saturated carbocycles. The largest absolute Gasteiger partial charge is 0.344 e. The minimum absolute atomic E-state index is 0.382. The third-order valence-electron chi connectivity index (χ3n) is 14.2. The maximum atomic E-state index is 5.39. The standard InChI is InChI=1S/C63H39N5S2/c1-4-16-38(17-5-1)61-64-62(39-18-6-2-7-19-39)66-63(65-61)46-30-32-53(59-45-24-12-15-27-57(45)70-60(46)59)68-52-31-28-40(41-29-33-58-50(35-41)44-23-11-14-26-56(44)69-58)34-47(52)49-36-48-43-22-10-13-25-51(43)67(54(48)37-55(49)68)42-20-8-3-9-21-42/h1-37,63H,(H,64,65,66). The second-order valence-corrected chi connectivity index (χ2v) is 20.3. The number of aromatic nitrogens is 2. The molecule has 70 heavy (non-hydrogen) atoms. The Bertz CT molecular complexity index is 4500. The summed E-state index contributed by atoms with van der Waals surface area (Å²) >= 11 is 3.70. The van der Waals surface area contributed by atoms with E-state index in [2.05, 4.69) is 227 Å². The quantitative estimate of drug-likeness (QED) is 0.177. The van der Waals surface area contributed by atoms with Crippen LogP contribution in [0.5, 0.6) is 0 Å². The van der Waals surface area contributed by atoms with Crippen molar-refractivity contribution in [1.82, 2.24) is 14.5 Å². The van der Waals surface area contributed by atoms with E-state index in [4.69, 9.17) is 9.98 Å². The van der Waals surface area contributed by atoms with Gasteiger partial charge in [-0.1, -0.05) is 152 Å². The average molecular weight is 930 g/mol. The molecular formula is C63H39N5S2. The van der Waals surface area contributed by atoms with E-state index in [0.717, 1.165) is 44.9 Å². The molecule has 4 aromatic heterocycles. The van der Waals surface area contributed by atoms with E-state index in [9.17, 15) is 0 Å². The minimum atomic E-state index is -0.382. The molecule has 0 spiro atoms. The number of nitrogens with zero attached hydrogens (tertiary/aromatic N) is 4. The lowest BCUT2D eigenvalue weighted by molar-refractivity contribution is 0.680. The van der Waals surface area contributed by atoms with Crippen LogP contribution in [0.1, 0.15) is 22.9 Å². The van der Waals surface area contributed by atoms with E-state index < -0.39 is 0 Å². The van der Waals surface area contributed by atoms with Crippen molar-refractivity contribution in [2.24, 2.45) is 9.98 Å². The summed E-state index contributed by atoms with van der Waals surface area (Å²) in [4.78, 5) is 10.5. The lowest BCUT2D eigenvalue weighted by Crippen LogP contribution is -2.33. The summed E-state index contributed by atoms with van der Waals surface area (Å²) in [5, 5.41) is 13.7. The lowest BCUT2D eigenvalue weighted by Gasteiger charge is -2.24. The average Bonchev–Trinajstić information content (AvgIpc) is 4.18. The SMILES string of the molecule is c1ccc(C2=NC(c3ccc(-n4c5ccc(-c6ccc7sc8ccccc8c7c6)cc5c5cc6c7ccccc7n(-c7ccccc7)c6cc54)c4c3sc3ccccc34)NC(c3ccccc3)=N2)cc1. The summed E-state index contributed by atoms with van der Waals surface area (Å²) < 4.78 is 10.0. The van der Waals surface area contributed by atoms with Crippen LogP contribution >= 0.6 is 22.7 Å². The fourth-order valence-corrected chi connectivity index (χ4v) is 13.3. The number of rotatable bonds is 6. The molecule has 5 heterocycles. The number of amidine groups is 2. The van der Waals surface area contributed by atoms with Crippen molar-refractivity contribution in [3.05, 3.63) is 241 Å². The Balaban J connectivity index is 1.01. The molecule has 0 aliphatic carbocycles. The van der Waals surface area contributed by atoms with Crippen LogP contribution in [-0.2, 0) is 0 Å². The number of thiophene rings is 2. The topological polar surface area (TPSA) is 46.6 Å². The smallest absolute Gasteiger partial charge is 0.159 e. The molecule has 1 atom stereocenters. The van der Waals surface area contributed by atoms with Gasteiger partial charge >= 0.3 is 0 Å². The van der Waals surface area contributed by atoms with Crippen molar-refractivity contribution in [3.63, 3.8) is 0 Å². The van der Waals surface area contributed by atoms with Crippen LogP contribution in [0, 0.1) is 0 Å². The van der Waals surface area contributed by atoms with Crippen LogP contribution < -0.4 is 5.32 Å². The fourth-order valence-electron chi connectivity index (χ4n) is 11.0. The molecule has 1 aliphatic heterocycles. The Hall–Kier alpha value is -8.62. The molecule has 7 heteroatoms. The molecule has 0 radical (unpaired) electrons. The zero-order valence-corrected chi connectivity index (χ0v) is 39.2. The highest BCUT2D eigenvalue weighted by atomic mass is 32.1. The molecule has 14 aromatic rings. The van der Waals surface area contributed by atoms with E-state index in [1.165, 1.54) is 84.0 Å². The van der Waals surface area contributed by atoms with E-state index in [1.807, 2.05) is 34.8 Å². The molecule has 1 N–H and O–H groups in total. The van der Waals surface area contributed by atoms with Crippen molar-refractivity contribution < 1.29 is 0 Å². The van der Waals surface area contributed by atoms with E-state index in [1.54, 1.807) is 0 Å². The highest BCUT2D eigenvalue weighted by molar-refractivity contribution is 7.26. The molecule has 15 rings (SSSR count). The normalized spacial score (nSPS) is 14.1. The van der Waals surface area contributed by atoms with Gasteiger partial charge in [0.15, 0.2) is 5.84 Å². The molecule has 5 nitrogen and oxygen atoms in total. The minimum Gasteiger partial charge on any atom is -0.344 e. The van der Waals surface area contributed by atoms with Crippen molar-refractivity contribution in [2.75, 3.05) is 0 Å². The molecule has 0 saturated heterocycles. The molecule has 0 bridgehead atoms. The predicted octanol–water partition coefficient (Wildman–Crippen LogP) is 16.8. The monoisotopic (exact) mass is 929 g/mol. The third-order valence-corrected chi connectivity index (χ3v) is 16.5. The van der Waals surface area contributed by atoms with Gasteiger partial charge in [0.2, 0.25) is 0 Å². The Kier molecular flexibility index (Phi) is 8.69. The van der Waals surface area contributed by atoms with Crippen LogP contribution in [0.4, 0.5) is 0 Å². The summed E-state index contributed by atoms with van der Waals surface area (Å²) in [5.41, 5.74) is 12.5. The van der Waals surface area contributed by atoms with Gasteiger partial charge in [-0.05, 0) is 83.9 Å². The zero-order valence-electron chi connectivity index (χ0n) is 37.5. The van der Waals surface area contributed by atoms with E-state index in [0.29, 0.717) is 5.84 Å². The van der Waals surface area contributed by atoms with Gasteiger partial charge in [-0.3, -0.25) is 0 Å². The van der Waals surface area contributed by atoms with Gasteiger partial charge in [0.1, 0.15) is 12.0 Å². The molecule has 328 valence electrons. The van der Waals surface area contributed by atoms with Crippen LogP contribution in [0.3, 0.4) is 0 Å². The van der Waals surface area contributed by atoms with Gasteiger partial charge in [0.05, 0.1) is 27.8 Å². The Morgan fingerprint density at radius 3 is 1.77 bits per heavy atom. The maximum Gasteiger partial charge on any atom is 0.159 e. The van der Waals surface area contributed by atoms with Gasteiger partial charge in [0, 0.05) is 84.3 Å². The van der Waals surface area contributed by atoms with Gasteiger partial charge < -0.3 is 14.5 Å². The van der Waals surface area contributed by atoms with Crippen LogP contribution in [-0.4, -0.2) is 20.8 Å². The van der Waals surface area contributed by atoms with Crippen molar-refractivity contribution in [3.8, 4) is 22.5 Å². The van der Waals surface area contributed by atoms with Gasteiger partial charge in [-0.25, -0.2) is 9.98 Å². The van der Waals surface area contributed by atoms with Crippen LogP contribution in [0.15, 0.2) is 234 Å². The number of aliphatic imine (C=N–C) groups is 2. The van der Waals surface area contributed by atoms with E-state index >= 15 is 0 Å². The highest BCUT2D eigenvalue weighted by Crippen LogP contribution is 2.47. The predicted molar refractivity (Wildman–Crippen MR) is 298 cm³/mol. The first-order valence-corrected chi connectivity index (χ1v) is 25.3. The first kappa shape index (κ1) is 39.4. The number of fused-ring (bicyclic) bond motifs is 12. The molecular weight excluding hydrogens is 891 g/mol. The molecule has 1 unspecified atom stereocenters. The van der Waals surface area contributed by atoms with Crippen molar-refractivity contribution in [2.45, 2.75) is 6.17 Å². The number of benzene rings is 10. The fraction of sp³-hybridized carbons (Fsp3) is 0.0159. The summed E-state index contributed by atoms with van der Waals surface area (Å²) in [6, 6.07) is 81.6. The molecule has 0 amide bonds. The van der Waals surface area contributed by atoms with E-state index in [-0.39, 0.29) is 6.17 Å². The summed E-state index contributed by atoms with van der Waals surface area (Å²) in [7, 11) is 0. The van der Waals surface area contributed by atoms with Crippen molar-refractivity contribution in [1.29, 1.82) is 0 Å². The second kappa shape index (κ2) is 15.5. The molecule has 0 fully saturated rings. The first-order valence-electron chi connectivity index (χ1n) is 23.7. The summed E-state index contributed by atoms with van der Waals surface area (Å²) in [6.07, 6.45) is -0.382. The summed E-state index contributed by atoms with van der Waals surface area (Å²) in [5.74, 6) is 1.52. The number of hydrogen-bond donors (Lipinski definition) is 1. The molecule has 1 aliphatic rings. The Labute approximate surface area is 410 Å². The zero-order chi connectivity index (χ0) is 45.9. The number of hydrogen-bond acceptors (Lipinski definition) is 5. The van der Waals surface area contributed by atoms with Gasteiger partial charge in [-0.15, -0.1) is 22.7 Å². The Morgan fingerprint density at radius 2 is 0.971 bits per heavy atom. The molecule has 10 aromatic carbocycles.